The van der Waals surface area contributed by atoms with Gasteiger partial charge in [-0.2, -0.15) is 0 Å². The van der Waals surface area contributed by atoms with Crippen molar-refractivity contribution in [3.05, 3.63) is 0 Å². The summed E-state index contributed by atoms with van der Waals surface area (Å²) in [6, 6.07) is 0.503. The quantitative estimate of drug-likeness (QED) is 0.808. The molecule has 2 atom stereocenters. The molecule has 3 fully saturated rings. The van der Waals surface area contributed by atoms with E-state index in [0.29, 0.717) is 24.4 Å². The van der Waals surface area contributed by atoms with Crippen LogP contribution in [-0.2, 0) is 4.79 Å². The highest BCUT2D eigenvalue weighted by Gasteiger charge is 2.49. The fourth-order valence-corrected chi connectivity index (χ4v) is 3.98. The van der Waals surface area contributed by atoms with E-state index < -0.39 is 0 Å². The highest BCUT2D eigenvalue weighted by molar-refractivity contribution is 5.79. The molecule has 0 saturated heterocycles. The van der Waals surface area contributed by atoms with Crippen LogP contribution >= 0.6 is 0 Å². The number of carbonyl (C=O) groups is 1. The monoisotopic (exact) mass is 236 g/mol. The largest absolute Gasteiger partial charge is 0.338 e. The lowest BCUT2D eigenvalue weighted by Gasteiger charge is -2.31. The molecule has 17 heavy (non-hydrogen) atoms. The Kier molecular flexibility index (Phi) is 3.12. The Morgan fingerprint density at radius 1 is 1.12 bits per heavy atom. The molecule has 3 saturated carbocycles. The Bertz CT molecular complexity index is 289. The van der Waals surface area contributed by atoms with Crippen molar-refractivity contribution < 1.29 is 4.79 Å². The smallest absolute Gasteiger partial charge is 0.225 e. The van der Waals surface area contributed by atoms with E-state index in [1.807, 2.05) is 0 Å². The summed E-state index contributed by atoms with van der Waals surface area (Å²) in [4.78, 5) is 14.7. The van der Waals surface area contributed by atoms with Gasteiger partial charge in [-0.3, -0.25) is 4.79 Å². The standard InChI is InChI=1S/C14H24N2O/c15-5-6-16(13-3-1-2-4-13)14(17)12-8-10-7-11(10)9-12/h10-13H,1-9,15H2. The minimum absolute atomic E-state index is 0.339. The average molecular weight is 236 g/mol. The highest BCUT2D eigenvalue weighted by atomic mass is 16.2. The predicted octanol–water partition coefficient (Wildman–Crippen LogP) is 1.76. The van der Waals surface area contributed by atoms with Crippen LogP contribution in [0.4, 0.5) is 0 Å². The summed E-state index contributed by atoms with van der Waals surface area (Å²) in [5.41, 5.74) is 5.68. The fraction of sp³-hybridized carbons (Fsp3) is 0.929. The Labute approximate surface area is 104 Å². The normalized spacial score (nSPS) is 35.9. The number of nitrogens with two attached hydrogens (primary N) is 1. The van der Waals surface area contributed by atoms with E-state index in [-0.39, 0.29) is 0 Å². The second-order valence-corrected chi connectivity index (χ2v) is 6.18. The van der Waals surface area contributed by atoms with E-state index in [2.05, 4.69) is 4.90 Å². The van der Waals surface area contributed by atoms with Gasteiger partial charge in [0.1, 0.15) is 0 Å². The van der Waals surface area contributed by atoms with Crippen molar-refractivity contribution in [2.45, 2.75) is 51.0 Å². The van der Waals surface area contributed by atoms with Crippen LogP contribution in [0, 0.1) is 17.8 Å². The minimum atomic E-state index is 0.339. The third kappa shape index (κ3) is 2.22. The second kappa shape index (κ2) is 4.60. The molecule has 0 aromatic carbocycles. The summed E-state index contributed by atoms with van der Waals surface area (Å²) < 4.78 is 0. The molecule has 0 aromatic rings. The van der Waals surface area contributed by atoms with E-state index in [4.69, 9.17) is 5.73 Å². The van der Waals surface area contributed by atoms with Crippen molar-refractivity contribution in [3.63, 3.8) is 0 Å². The number of hydrogen-bond donors (Lipinski definition) is 1. The maximum absolute atomic E-state index is 12.6. The zero-order valence-electron chi connectivity index (χ0n) is 10.6. The Hall–Kier alpha value is -0.570. The van der Waals surface area contributed by atoms with Crippen LogP contribution in [0.1, 0.15) is 44.9 Å². The molecule has 96 valence electrons. The first-order valence-electron chi connectivity index (χ1n) is 7.30. The van der Waals surface area contributed by atoms with Crippen molar-refractivity contribution in [1.29, 1.82) is 0 Å². The van der Waals surface area contributed by atoms with Crippen molar-refractivity contribution >= 4 is 5.91 Å². The number of fused-ring (bicyclic) bond motifs is 1. The molecule has 3 rings (SSSR count). The minimum Gasteiger partial charge on any atom is -0.338 e. The second-order valence-electron chi connectivity index (χ2n) is 6.18. The molecule has 2 unspecified atom stereocenters. The molecule has 1 amide bonds. The SMILES string of the molecule is NCCN(C(=O)C1CC2CC2C1)C1CCCC1. The molecule has 3 heteroatoms. The summed E-state index contributed by atoms with van der Waals surface area (Å²) in [5, 5.41) is 0. The molecule has 0 radical (unpaired) electrons. The first kappa shape index (κ1) is 11.5. The van der Waals surface area contributed by atoms with E-state index in [9.17, 15) is 4.79 Å². The van der Waals surface area contributed by atoms with E-state index >= 15 is 0 Å². The molecule has 0 spiro atoms. The molecule has 2 N–H and O–H groups in total. The third-order valence-corrected chi connectivity index (χ3v) is 5.01. The summed E-state index contributed by atoms with van der Waals surface area (Å²) in [6.45, 7) is 1.39. The van der Waals surface area contributed by atoms with Gasteiger partial charge in [0.25, 0.3) is 0 Å². The van der Waals surface area contributed by atoms with Gasteiger partial charge in [0, 0.05) is 25.0 Å². The van der Waals surface area contributed by atoms with Gasteiger partial charge in [-0.1, -0.05) is 12.8 Å². The van der Waals surface area contributed by atoms with Crippen molar-refractivity contribution in [3.8, 4) is 0 Å². The van der Waals surface area contributed by atoms with Gasteiger partial charge in [-0.15, -0.1) is 0 Å². The molecule has 0 aliphatic heterocycles. The summed E-state index contributed by atoms with van der Waals surface area (Å²) in [6.07, 6.45) is 8.69. The maximum Gasteiger partial charge on any atom is 0.225 e. The molecule has 0 aromatic heterocycles. The van der Waals surface area contributed by atoms with Crippen molar-refractivity contribution in [2.24, 2.45) is 23.5 Å². The van der Waals surface area contributed by atoms with Gasteiger partial charge in [-0.25, -0.2) is 0 Å². The number of hydrogen-bond acceptors (Lipinski definition) is 2. The molecular weight excluding hydrogens is 212 g/mol. The highest BCUT2D eigenvalue weighted by Crippen LogP contribution is 2.54. The van der Waals surface area contributed by atoms with Gasteiger partial charge in [-0.05, 0) is 43.9 Å². The van der Waals surface area contributed by atoms with Gasteiger partial charge in [0.15, 0.2) is 0 Å². The third-order valence-electron chi connectivity index (χ3n) is 5.01. The molecule has 3 aliphatic rings. The van der Waals surface area contributed by atoms with Crippen LogP contribution in [-0.4, -0.2) is 29.9 Å². The summed E-state index contributed by atoms with van der Waals surface area (Å²) in [7, 11) is 0. The van der Waals surface area contributed by atoms with Crippen LogP contribution in [0.5, 0.6) is 0 Å². The average Bonchev–Trinajstić information content (AvgIpc) is 2.81. The zero-order valence-corrected chi connectivity index (χ0v) is 10.6. The van der Waals surface area contributed by atoms with Gasteiger partial charge < -0.3 is 10.6 Å². The van der Waals surface area contributed by atoms with Crippen LogP contribution in [0.15, 0.2) is 0 Å². The molecule has 0 bridgehead atoms. The fourth-order valence-electron chi connectivity index (χ4n) is 3.98. The first-order valence-corrected chi connectivity index (χ1v) is 7.30. The maximum atomic E-state index is 12.6. The Morgan fingerprint density at radius 2 is 1.76 bits per heavy atom. The number of carbonyl (C=O) groups excluding carboxylic acids is 1. The van der Waals surface area contributed by atoms with Crippen LogP contribution in [0.25, 0.3) is 0 Å². The summed E-state index contributed by atoms with van der Waals surface area (Å²) >= 11 is 0. The lowest BCUT2D eigenvalue weighted by molar-refractivity contribution is -0.137. The lowest BCUT2D eigenvalue weighted by Crippen LogP contribution is -2.44. The number of rotatable bonds is 4. The topological polar surface area (TPSA) is 46.3 Å². The molecule has 3 aliphatic carbocycles. The van der Waals surface area contributed by atoms with Crippen LogP contribution in [0.2, 0.25) is 0 Å². The van der Waals surface area contributed by atoms with Gasteiger partial charge >= 0.3 is 0 Å². The van der Waals surface area contributed by atoms with Gasteiger partial charge in [0.2, 0.25) is 5.91 Å². The van der Waals surface area contributed by atoms with Crippen LogP contribution < -0.4 is 5.73 Å². The number of nitrogens with zero attached hydrogens (tertiary/aromatic N) is 1. The predicted molar refractivity (Wildman–Crippen MR) is 67.3 cm³/mol. The lowest BCUT2D eigenvalue weighted by atomic mass is 10.0. The Balaban J connectivity index is 1.62. The van der Waals surface area contributed by atoms with E-state index in [0.717, 1.165) is 31.2 Å². The number of amides is 1. The summed E-state index contributed by atoms with van der Waals surface area (Å²) in [5.74, 6) is 2.56. The molecular formula is C14H24N2O. The van der Waals surface area contributed by atoms with Crippen LogP contribution in [0.3, 0.4) is 0 Å². The van der Waals surface area contributed by atoms with E-state index in [1.54, 1.807) is 0 Å². The van der Waals surface area contributed by atoms with E-state index in [1.165, 1.54) is 32.1 Å². The molecule has 0 heterocycles. The first-order chi connectivity index (χ1) is 8.29. The zero-order chi connectivity index (χ0) is 11.8. The molecule has 3 nitrogen and oxygen atoms in total. The van der Waals surface area contributed by atoms with Crippen molar-refractivity contribution in [2.75, 3.05) is 13.1 Å². The van der Waals surface area contributed by atoms with Gasteiger partial charge in [0.05, 0.1) is 0 Å². The van der Waals surface area contributed by atoms with Crippen molar-refractivity contribution in [1.82, 2.24) is 4.90 Å². The Morgan fingerprint density at radius 3 is 2.35 bits per heavy atom.